The molecule has 1 aliphatic heterocycles. The van der Waals surface area contributed by atoms with Crippen molar-refractivity contribution in [2.75, 3.05) is 54.8 Å². The molecule has 0 radical (unpaired) electrons. The molecule has 1 aliphatic rings. The lowest BCUT2D eigenvalue weighted by Crippen LogP contribution is -2.48. The van der Waals surface area contributed by atoms with E-state index in [1.54, 1.807) is 4.90 Å². The van der Waals surface area contributed by atoms with Gasteiger partial charge in [-0.2, -0.15) is 58.6 Å². The minimum atomic E-state index is -5.33. The molecule has 4 aromatic carbocycles. The number of rotatable bonds is 19. The van der Waals surface area contributed by atoms with Crippen molar-refractivity contribution in [3.63, 3.8) is 0 Å². The van der Waals surface area contributed by atoms with Crippen LogP contribution in [0.1, 0.15) is 22.8 Å². The van der Waals surface area contributed by atoms with E-state index >= 15 is 0 Å². The summed E-state index contributed by atoms with van der Waals surface area (Å²) in [5.41, 5.74) is 6.74. The van der Waals surface area contributed by atoms with Crippen molar-refractivity contribution >= 4 is 138 Å². The lowest BCUT2D eigenvalue weighted by Gasteiger charge is -2.34. The first-order valence-electron chi connectivity index (χ1n) is 23.3. The van der Waals surface area contributed by atoms with Crippen LogP contribution in [0.15, 0.2) is 128 Å². The number of phenolic OH excluding ortho intramolecular Hbond substituents is 1. The average molecular weight is 1270 g/mol. The Labute approximate surface area is 479 Å². The number of hydrogen-bond acceptors (Lipinski definition) is 24. The Balaban J connectivity index is 1.06. The first-order valence-corrected chi connectivity index (χ1v) is 29.8. The molecule has 1 saturated heterocycles. The van der Waals surface area contributed by atoms with E-state index in [1.807, 2.05) is 4.90 Å². The Morgan fingerprint density at radius 2 is 1.40 bits per heavy atom. The number of aliphatic imine (C=N–C) groups is 2. The summed E-state index contributed by atoms with van der Waals surface area (Å²) in [6.45, 7) is 8.60. The van der Waals surface area contributed by atoms with Crippen molar-refractivity contribution in [1.82, 2.24) is 29.7 Å². The highest BCUT2D eigenvalue weighted by atomic mass is 35.5. The Hall–Kier alpha value is -8.37. The van der Waals surface area contributed by atoms with E-state index in [9.17, 15) is 71.7 Å². The van der Waals surface area contributed by atoms with Crippen LogP contribution in [0, 0.1) is 6.92 Å². The minimum Gasteiger partial charge on any atom is -0.505 e. The van der Waals surface area contributed by atoms with E-state index in [0.717, 1.165) is 41.0 Å². The maximum atomic E-state index is 12.8. The molecule has 33 nitrogen and oxygen atoms in total. The van der Waals surface area contributed by atoms with Gasteiger partial charge in [0.25, 0.3) is 51.9 Å². The maximum absolute atomic E-state index is 12.8. The number of nitrogens with zero attached hydrogens (tertiary/aromatic N) is 12. The zero-order chi connectivity index (χ0) is 61.1. The van der Waals surface area contributed by atoms with Gasteiger partial charge in [-0.05, 0) is 91.0 Å². The zero-order valence-electron chi connectivity index (χ0n) is 42.6. The molecule has 7 rings (SSSR count). The van der Waals surface area contributed by atoms with E-state index in [2.05, 4.69) is 67.9 Å². The largest absolute Gasteiger partial charge is 0.505 e. The quantitative estimate of drug-likeness (QED) is 0.0175. The molecule has 0 unspecified atom stereocenters. The van der Waals surface area contributed by atoms with Crippen molar-refractivity contribution < 1.29 is 66.9 Å². The number of guanidine groups is 1. The van der Waals surface area contributed by atoms with Crippen molar-refractivity contribution in [1.29, 1.82) is 0 Å². The Kier molecular flexibility index (Phi) is 18.5. The van der Waals surface area contributed by atoms with Crippen molar-refractivity contribution in [3.05, 3.63) is 99.8 Å². The fourth-order valence-corrected chi connectivity index (χ4v) is 10.7. The molecule has 0 saturated carbocycles. The van der Waals surface area contributed by atoms with Gasteiger partial charge in [0.15, 0.2) is 11.0 Å². The molecule has 6 aromatic rings. The molecule has 1 amide bonds. The summed E-state index contributed by atoms with van der Waals surface area (Å²) in [6.07, 6.45) is 0. The van der Waals surface area contributed by atoms with Gasteiger partial charge in [-0.25, -0.2) is 0 Å². The molecular formula is C44H45Cl2N17O16S4. The predicted molar refractivity (Wildman–Crippen MR) is 300 cm³/mol. The third-order valence-corrected chi connectivity index (χ3v) is 15.5. The molecule has 13 N–H and O–H groups in total. The third kappa shape index (κ3) is 14.8. The van der Waals surface area contributed by atoms with E-state index in [4.69, 9.17) is 34.7 Å². The number of azo groups is 2. The normalized spacial score (nSPS) is 14.2. The number of benzene rings is 4. The number of phenols is 1. The number of aromatic nitrogens is 4. The molecule has 83 heavy (non-hydrogen) atoms. The van der Waals surface area contributed by atoms with Crippen LogP contribution in [0.25, 0.3) is 10.8 Å². The average Bonchev–Trinajstić information content (AvgIpc) is 2.64. The summed E-state index contributed by atoms with van der Waals surface area (Å²) in [7, 11) is -20.2. The highest BCUT2D eigenvalue weighted by molar-refractivity contribution is 7.86. The molecule has 3 heterocycles. The van der Waals surface area contributed by atoms with Crippen LogP contribution in [0.5, 0.6) is 11.6 Å². The number of anilines is 4. The Morgan fingerprint density at radius 3 is 2.01 bits per heavy atom. The topological polar surface area (TPSA) is 504 Å². The lowest BCUT2D eigenvalue weighted by molar-refractivity contribution is 0.0997. The number of carbonyl (C=O) groups is 1. The van der Waals surface area contributed by atoms with Crippen LogP contribution in [-0.2, 0) is 47.0 Å². The number of pyridine rings is 1. The maximum Gasteiger partial charge on any atom is 0.296 e. The highest BCUT2D eigenvalue weighted by Crippen LogP contribution is 2.46. The monoisotopic (exact) mass is 1270 g/mol. The van der Waals surface area contributed by atoms with Gasteiger partial charge < -0.3 is 42.5 Å². The second kappa shape index (κ2) is 24.6. The third-order valence-electron chi connectivity index (χ3n) is 11.8. The molecule has 2 aromatic heterocycles. The van der Waals surface area contributed by atoms with Crippen LogP contribution in [0.2, 0.25) is 5.28 Å². The van der Waals surface area contributed by atoms with Gasteiger partial charge >= 0.3 is 0 Å². The summed E-state index contributed by atoms with van der Waals surface area (Å²) >= 11 is 12.2. The van der Waals surface area contributed by atoms with Gasteiger partial charge in [0.05, 0.1) is 10.6 Å². The van der Waals surface area contributed by atoms with Crippen molar-refractivity contribution in [2.45, 2.75) is 40.0 Å². The summed E-state index contributed by atoms with van der Waals surface area (Å²) in [4.78, 5) is 46.1. The summed E-state index contributed by atoms with van der Waals surface area (Å²) in [6, 6.07) is 10.1. The van der Waals surface area contributed by atoms with Gasteiger partial charge in [0.1, 0.15) is 48.8 Å². The number of primary amides is 1. The number of nitrogens with two attached hydrogens (primary N) is 2. The van der Waals surface area contributed by atoms with Crippen LogP contribution in [-0.4, -0.2) is 143 Å². The first kappa shape index (κ1) is 62.2. The van der Waals surface area contributed by atoms with Gasteiger partial charge in [0, 0.05) is 62.5 Å². The number of aromatic hydroxyl groups is 2. The van der Waals surface area contributed by atoms with Crippen molar-refractivity contribution in [2.24, 2.45) is 41.9 Å². The fourth-order valence-electron chi connectivity index (χ4n) is 8.03. The summed E-state index contributed by atoms with van der Waals surface area (Å²) in [5.74, 6) is -3.48. The number of carbonyl (C=O) groups excluding carboxylic acids is 1. The summed E-state index contributed by atoms with van der Waals surface area (Å²) in [5, 5.41) is 44.4. The van der Waals surface area contributed by atoms with Crippen molar-refractivity contribution in [3.8, 4) is 11.6 Å². The van der Waals surface area contributed by atoms with Crippen LogP contribution in [0.4, 0.5) is 46.0 Å². The minimum absolute atomic E-state index is 0.0167. The van der Waals surface area contributed by atoms with Crippen LogP contribution in [0.3, 0.4) is 0 Å². The molecule has 440 valence electrons. The van der Waals surface area contributed by atoms with Gasteiger partial charge in [0.2, 0.25) is 29.0 Å². The molecule has 39 heteroatoms. The Bertz CT molecular complexity index is 4310. The second-order valence-electron chi connectivity index (χ2n) is 17.2. The van der Waals surface area contributed by atoms with Crippen LogP contribution < -0.4 is 37.9 Å². The van der Waals surface area contributed by atoms with Gasteiger partial charge in [-0.1, -0.05) is 18.7 Å². The molecule has 1 fully saturated rings. The standard InChI is InChI=1S/C44H45Cl2N17O16S4/c1-4-63-38(66)32(37(47)65)21(2)34(39(63)67)59-58-27-19-24(9-10-30(27)82(74,75)76)51-42(53-40(45)48)50-22(3)49-11-12-61-13-15-62(16-14-61)44-55-41(46)54-43(56-44)52-28-20-25(80(68,69)70)17-23-18-31(83(77,78)79)35(36(64)33(23)28)60-57-26-7-5-6-8-29(26)81(71,72)73/h5-10,17-20,49,64,67H,3-4,11-16H2,1-2H3,(H2,47,65)(H,68,69,70)(H,71,72,73)(H,74,75,76)(H,77,78,79)(H3,48,50,51,53)(H,52,54,55,56)/b59-58+,60-57+. The van der Waals surface area contributed by atoms with E-state index < -0.39 is 133 Å². The van der Waals surface area contributed by atoms with E-state index in [0.29, 0.717) is 38.8 Å². The number of nitrogens with one attached hydrogen (secondary N) is 3. The van der Waals surface area contributed by atoms with Crippen LogP contribution >= 0.6 is 23.2 Å². The number of hydrogen-bond donors (Lipinski definition) is 11. The fraction of sp³-hybridized carbons (Fsp3) is 0.205. The second-order valence-corrected chi connectivity index (χ2v) is 23.5. The van der Waals surface area contributed by atoms with E-state index in [1.165, 1.54) is 32.0 Å². The molecule has 0 atom stereocenters. The smallest absolute Gasteiger partial charge is 0.296 e. The molecule has 0 spiro atoms. The van der Waals surface area contributed by atoms with Gasteiger partial charge in [-0.3, -0.25) is 37.3 Å². The predicted octanol–water partition coefficient (Wildman–Crippen LogP) is 4.44. The number of halogens is 2. The number of fused-ring (bicyclic) bond motifs is 1. The SMILES string of the molecule is C=C(/N=C(\N=C(/N)Cl)Nc1ccc(S(=O)(=O)O)c(/N=N/c2c(C)c(C(N)=O)c(=O)n(CC)c2O)c1)NCCN1CCN(c2nc(Cl)nc(Nc3cc(S(=O)(=O)O)cc4cc(S(=O)(=O)O)c(/N=N/c5ccccc5S(=O)(=O)O)c(O)c34)n2)CC1. The number of amidine groups is 1. The van der Waals surface area contributed by atoms with E-state index in [-0.39, 0.29) is 53.3 Å². The molecule has 0 bridgehead atoms. The highest BCUT2D eigenvalue weighted by Gasteiger charge is 2.28. The number of amides is 1. The zero-order valence-corrected chi connectivity index (χ0v) is 47.4. The Morgan fingerprint density at radius 1 is 0.771 bits per heavy atom. The van der Waals surface area contributed by atoms with Gasteiger partial charge in [-0.15, -0.1) is 20.5 Å². The molecule has 0 aliphatic carbocycles. The number of piperazine rings is 1. The lowest BCUT2D eigenvalue weighted by atomic mass is 10.1. The summed E-state index contributed by atoms with van der Waals surface area (Å²) < 4.78 is 140. The molecular weight excluding hydrogens is 1220 g/mol. The first-order chi connectivity index (χ1) is 38.7.